The summed E-state index contributed by atoms with van der Waals surface area (Å²) in [6, 6.07) is 0. The zero-order valence-electron chi connectivity index (χ0n) is 11.7. The fourth-order valence-electron chi connectivity index (χ4n) is 1.62. The molecule has 0 unspecified atom stereocenters. The molecule has 0 saturated carbocycles. The number of carbonyl (C=O) groups excluding carboxylic acids is 1. The normalized spacial score (nSPS) is 11.3. The number of carboxylic acids is 1. The summed E-state index contributed by atoms with van der Waals surface area (Å²) in [4.78, 5) is 21.9. The van der Waals surface area contributed by atoms with Crippen LogP contribution in [0.3, 0.4) is 0 Å². The fraction of sp³-hybridized carbons (Fsp3) is 0.846. The molecule has 0 bridgehead atoms. The van der Waals surface area contributed by atoms with Gasteiger partial charge in [0.15, 0.2) is 0 Å². The molecule has 0 aromatic rings. The van der Waals surface area contributed by atoms with Crippen LogP contribution in [0.5, 0.6) is 0 Å². The van der Waals surface area contributed by atoms with Gasteiger partial charge in [-0.1, -0.05) is 13.8 Å². The van der Waals surface area contributed by atoms with Crippen molar-refractivity contribution in [3.8, 4) is 0 Å². The number of carboxylic acid groups (broad SMARTS) is 1. The second kappa shape index (κ2) is 8.91. The molecule has 0 atom stereocenters. The summed E-state index contributed by atoms with van der Waals surface area (Å²) in [5, 5.41) is 14.5. The zero-order valence-corrected chi connectivity index (χ0v) is 11.7. The summed E-state index contributed by atoms with van der Waals surface area (Å²) >= 11 is 0. The van der Waals surface area contributed by atoms with Crippen molar-refractivity contribution in [3.05, 3.63) is 0 Å². The third-order valence-electron chi connectivity index (χ3n) is 2.97. The third-order valence-corrected chi connectivity index (χ3v) is 2.97. The van der Waals surface area contributed by atoms with Crippen LogP contribution in [0.4, 0.5) is 0 Å². The molecule has 5 heteroatoms. The highest BCUT2D eigenvalue weighted by Gasteiger charge is 2.19. The molecule has 0 aromatic heterocycles. The van der Waals surface area contributed by atoms with Crippen molar-refractivity contribution in [1.82, 2.24) is 10.6 Å². The number of hydrogen-bond acceptors (Lipinski definition) is 3. The fourth-order valence-corrected chi connectivity index (χ4v) is 1.62. The molecule has 5 nitrogen and oxygen atoms in total. The molecule has 0 rings (SSSR count). The summed E-state index contributed by atoms with van der Waals surface area (Å²) in [6.45, 7) is 5.52. The average molecular weight is 258 g/mol. The lowest BCUT2D eigenvalue weighted by atomic mass is 9.84. The monoisotopic (exact) mass is 258 g/mol. The molecule has 0 radical (unpaired) electrons. The van der Waals surface area contributed by atoms with E-state index in [9.17, 15) is 9.59 Å². The average Bonchev–Trinajstić information content (AvgIpc) is 2.27. The van der Waals surface area contributed by atoms with E-state index in [1.807, 2.05) is 20.9 Å². The first-order valence-corrected chi connectivity index (χ1v) is 6.50. The molecular weight excluding hydrogens is 232 g/mol. The van der Waals surface area contributed by atoms with Crippen molar-refractivity contribution in [2.24, 2.45) is 5.41 Å². The van der Waals surface area contributed by atoms with Crippen LogP contribution in [-0.2, 0) is 9.59 Å². The molecule has 0 saturated heterocycles. The molecule has 0 aliphatic carbocycles. The molecule has 0 aliphatic rings. The predicted molar refractivity (Wildman–Crippen MR) is 71.4 cm³/mol. The van der Waals surface area contributed by atoms with E-state index in [-0.39, 0.29) is 17.7 Å². The summed E-state index contributed by atoms with van der Waals surface area (Å²) in [7, 11) is 1.86. The van der Waals surface area contributed by atoms with Crippen LogP contribution < -0.4 is 10.6 Å². The Morgan fingerprint density at radius 1 is 1.11 bits per heavy atom. The van der Waals surface area contributed by atoms with Crippen molar-refractivity contribution in [2.45, 2.75) is 46.0 Å². The van der Waals surface area contributed by atoms with Crippen LogP contribution in [0.2, 0.25) is 0 Å². The second-order valence-corrected chi connectivity index (χ2v) is 5.37. The molecular formula is C13H26N2O3. The molecule has 3 N–H and O–H groups in total. The van der Waals surface area contributed by atoms with Crippen molar-refractivity contribution in [3.63, 3.8) is 0 Å². The first-order valence-electron chi connectivity index (χ1n) is 6.50. The van der Waals surface area contributed by atoms with Gasteiger partial charge in [0.2, 0.25) is 5.91 Å². The van der Waals surface area contributed by atoms with E-state index in [0.717, 1.165) is 19.4 Å². The topological polar surface area (TPSA) is 78.4 Å². The third kappa shape index (κ3) is 10.1. The maximum Gasteiger partial charge on any atom is 0.303 e. The van der Waals surface area contributed by atoms with E-state index in [4.69, 9.17) is 5.11 Å². The first kappa shape index (κ1) is 16.9. The van der Waals surface area contributed by atoms with Crippen LogP contribution in [0.1, 0.15) is 46.0 Å². The lowest BCUT2D eigenvalue weighted by Gasteiger charge is -2.23. The minimum Gasteiger partial charge on any atom is -0.481 e. The molecule has 0 heterocycles. The number of amides is 1. The number of hydrogen-bond donors (Lipinski definition) is 3. The molecule has 18 heavy (non-hydrogen) atoms. The maximum absolute atomic E-state index is 11.4. The van der Waals surface area contributed by atoms with Gasteiger partial charge in [0.05, 0.1) is 0 Å². The molecule has 0 aromatic carbocycles. The Morgan fingerprint density at radius 3 is 2.33 bits per heavy atom. The van der Waals surface area contributed by atoms with Crippen molar-refractivity contribution < 1.29 is 14.7 Å². The van der Waals surface area contributed by atoms with Crippen LogP contribution >= 0.6 is 0 Å². The summed E-state index contributed by atoms with van der Waals surface area (Å²) in [6.07, 6.45) is 3.00. The summed E-state index contributed by atoms with van der Waals surface area (Å²) in [5.74, 6) is -0.696. The number of nitrogens with one attached hydrogen (secondary N) is 2. The van der Waals surface area contributed by atoms with Gasteiger partial charge in [-0.25, -0.2) is 0 Å². The van der Waals surface area contributed by atoms with Crippen molar-refractivity contribution in [1.29, 1.82) is 0 Å². The largest absolute Gasteiger partial charge is 0.481 e. The second-order valence-electron chi connectivity index (χ2n) is 5.37. The van der Waals surface area contributed by atoms with E-state index in [0.29, 0.717) is 19.4 Å². The Hall–Kier alpha value is -1.10. The standard InChI is InChI=1S/C13H26N2O3/c1-13(2,7-6-12(17)18)8-10-15-11(16)5-4-9-14-3/h14H,4-10H2,1-3H3,(H,15,16)(H,17,18). The van der Waals surface area contributed by atoms with E-state index in [2.05, 4.69) is 10.6 Å². The first-order chi connectivity index (χ1) is 8.37. The van der Waals surface area contributed by atoms with Gasteiger partial charge in [-0.05, 0) is 38.3 Å². The Kier molecular flexibility index (Phi) is 8.37. The number of aliphatic carboxylic acids is 1. The van der Waals surface area contributed by atoms with Gasteiger partial charge < -0.3 is 15.7 Å². The lowest BCUT2D eigenvalue weighted by molar-refractivity contribution is -0.137. The lowest BCUT2D eigenvalue weighted by Crippen LogP contribution is -2.28. The molecule has 106 valence electrons. The van der Waals surface area contributed by atoms with E-state index in [1.54, 1.807) is 0 Å². The SMILES string of the molecule is CNCCCC(=O)NCCC(C)(C)CCC(=O)O. The van der Waals surface area contributed by atoms with Crippen molar-refractivity contribution in [2.75, 3.05) is 20.1 Å². The zero-order chi connectivity index (χ0) is 14.0. The molecule has 1 amide bonds. The van der Waals surface area contributed by atoms with Gasteiger partial charge in [0.25, 0.3) is 0 Å². The van der Waals surface area contributed by atoms with Crippen LogP contribution in [-0.4, -0.2) is 37.1 Å². The minimum atomic E-state index is -0.765. The highest BCUT2D eigenvalue weighted by Crippen LogP contribution is 2.25. The van der Waals surface area contributed by atoms with Crippen LogP contribution in [0.25, 0.3) is 0 Å². The van der Waals surface area contributed by atoms with Gasteiger partial charge in [-0.2, -0.15) is 0 Å². The highest BCUT2D eigenvalue weighted by atomic mass is 16.4. The van der Waals surface area contributed by atoms with Gasteiger partial charge in [0, 0.05) is 19.4 Å². The van der Waals surface area contributed by atoms with Crippen LogP contribution in [0, 0.1) is 5.41 Å². The van der Waals surface area contributed by atoms with E-state index < -0.39 is 5.97 Å². The quantitative estimate of drug-likeness (QED) is 0.517. The number of carbonyl (C=O) groups is 2. The molecule has 0 aliphatic heterocycles. The molecule has 0 fully saturated rings. The van der Waals surface area contributed by atoms with E-state index >= 15 is 0 Å². The Labute approximate surface area is 109 Å². The van der Waals surface area contributed by atoms with Gasteiger partial charge >= 0.3 is 5.97 Å². The minimum absolute atomic E-state index is 0.0450. The smallest absolute Gasteiger partial charge is 0.303 e. The van der Waals surface area contributed by atoms with Gasteiger partial charge in [-0.15, -0.1) is 0 Å². The highest BCUT2D eigenvalue weighted by molar-refractivity contribution is 5.75. The van der Waals surface area contributed by atoms with Gasteiger partial charge in [0.1, 0.15) is 0 Å². The van der Waals surface area contributed by atoms with Crippen LogP contribution in [0.15, 0.2) is 0 Å². The summed E-state index contributed by atoms with van der Waals surface area (Å²) in [5.41, 5.74) is -0.0450. The maximum atomic E-state index is 11.4. The number of rotatable bonds is 10. The van der Waals surface area contributed by atoms with E-state index in [1.165, 1.54) is 0 Å². The Morgan fingerprint density at radius 2 is 1.78 bits per heavy atom. The summed E-state index contributed by atoms with van der Waals surface area (Å²) < 4.78 is 0. The predicted octanol–water partition coefficient (Wildman–Crippen LogP) is 1.38. The Balaban J connectivity index is 3.68. The van der Waals surface area contributed by atoms with Gasteiger partial charge in [-0.3, -0.25) is 9.59 Å². The molecule has 0 spiro atoms. The Bertz CT molecular complexity index is 265. The van der Waals surface area contributed by atoms with Crippen molar-refractivity contribution >= 4 is 11.9 Å².